The molecule has 1 aromatic carbocycles. The third-order valence-electron chi connectivity index (χ3n) is 4.89. The molecule has 0 aliphatic heterocycles. The summed E-state index contributed by atoms with van der Waals surface area (Å²) in [6, 6.07) is 9.21. The number of nitrogens with one attached hydrogen (secondary N) is 1. The fourth-order valence-corrected chi connectivity index (χ4v) is 3.45. The molecule has 0 heterocycles. The predicted octanol–water partition coefficient (Wildman–Crippen LogP) is 4.31. The Labute approximate surface area is 122 Å². The number of hydrogen-bond donors (Lipinski definition) is 1. The van der Waals surface area contributed by atoms with Gasteiger partial charge in [-0.1, -0.05) is 31.9 Å². The van der Waals surface area contributed by atoms with Gasteiger partial charge in [-0.3, -0.25) is 0 Å². The van der Waals surface area contributed by atoms with E-state index < -0.39 is 0 Å². The normalized spacial score (nSPS) is 28.1. The summed E-state index contributed by atoms with van der Waals surface area (Å²) in [5.41, 5.74) is 1.39. The van der Waals surface area contributed by atoms with Crippen LogP contribution in [0, 0.1) is 11.8 Å². The summed E-state index contributed by atoms with van der Waals surface area (Å²) in [6.45, 7) is 2.38. The molecule has 0 spiro atoms. The van der Waals surface area contributed by atoms with Crippen molar-refractivity contribution in [3.8, 4) is 5.75 Å². The first-order chi connectivity index (χ1) is 9.76. The molecule has 1 unspecified atom stereocenters. The minimum absolute atomic E-state index is 0.477. The van der Waals surface area contributed by atoms with E-state index in [1.54, 1.807) is 0 Å². The van der Waals surface area contributed by atoms with E-state index in [4.69, 9.17) is 4.74 Å². The van der Waals surface area contributed by atoms with Crippen molar-refractivity contribution in [2.24, 2.45) is 11.8 Å². The van der Waals surface area contributed by atoms with Crippen molar-refractivity contribution in [2.45, 2.75) is 57.6 Å². The van der Waals surface area contributed by atoms with Gasteiger partial charge < -0.3 is 10.1 Å². The first-order valence-corrected chi connectivity index (χ1v) is 8.20. The van der Waals surface area contributed by atoms with Gasteiger partial charge in [-0.25, -0.2) is 0 Å². The van der Waals surface area contributed by atoms with Gasteiger partial charge in [-0.15, -0.1) is 0 Å². The van der Waals surface area contributed by atoms with Gasteiger partial charge in [0, 0.05) is 6.04 Å². The van der Waals surface area contributed by atoms with Gasteiger partial charge in [0.05, 0.1) is 6.10 Å². The highest BCUT2D eigenvalue weighted by molar-refractivity contribution is 5.31. The van der Waals surface area contributed by atoms with Crippen LogP contribution >= 0.6 is 0 Å². The van der Waals surface area contributed by atoms with Crippen LogP contribution in [0.25, 0.3) is 0 Å². The smallest absolute Gasteiger partial charge is 0.120 e. The highest BCUT2D eigenvalue weighted by atomic mass is 16.5. The molecule has 0 amide bonds. The number of rotatable bonds is 5. The number of hydrogen-bond acceptors (Lipinski definition) is 2. The van der Waals surface area contributed by atoms with Crippen LogP contribution in [0.15, 0.2) is 24.3 Å². The molecule has 110 valence electrons. The van der Waals surface area contributed by atoms with Crippen molar-refractivity contribution in [1.82, 2.24) is 5.32 Å². The van der Waals surface area contributed by atoms with Gasteiger partial charge in [-0.05, 0) is 62.3 Å². The Morgan fingerprint density at radius 3 is 2.50 bits per heavy atom. The van der Waals surface area contributed by atoms with Crippen LogP contribution in [-0.2, 0) is 0 Å². The summed E-state index contributed by atoms with van der Waals surface area (Å²) in [5.74, 6) is 2.73. The number of ether oxygens (including phenoxy) is 1. The van der Waals surface area contributed by atoms with Gasteiger partial charge in [0.15, 0.2) is 0 Å². The van der Waals surface area contributed by atoms with E-state index in [2.05, 4.69) is 43.6 Å². The Morgan fingerprint density at radius 1 is 1.10 bits per heavy atom. The lowest BCUT2D eigenvalue weighted by atomic mass is 9.77. The van der Waals surface area contributed by atoms with Gasteiger partial charge in [0.2, 0.25) is 0 Å². The summed E-state index contributed by atoms with van der Waals surface area (Å²) in [6.07, 6.45) is 8.37. The Hall–Kier alpha value is -1.02. The molecule has 2 saturated carbocycles. The fourth-order valence-electron chi connectivity index (χ4n) is 3.45. The Balaban J connectivity index is 1.70. The van der Waals surface area contributed by atoms with E-state index in [9.17, 15) is 0 Å². The van der Waals surface area contributed by atoms with Crippen LogP contribution in [-0.4, -0.2) is 13.2 Å². The first kappa shape index (κ1) is 13.9. The van der Waals surface area contributed by atoms with Crippen LogP contribution in [0.5, 0.6) is 5.75 Å². The molecule has 3 rings (SSSR count). The monoisotopic (exact) mass is 273 g/mol. The summed E-state index contributed by atoms with van der Waals surface area (Å²) >= 11 is 0. The average molecular weight is 273 g/mol. The van der Waals surface area contributed by atoms with Crippen molar-refractivity contribution in [1.29, 1.82) is 0 Å². The Kier molecular flexibility index (Phi) is 4.30. The van der Waals surface area contributed by atoms with E-state index in [0.29, 0.717) is 12.1 Å². The zero-order valence-corrected chi connectivity index (χ0v) is 12.8. The van der Waals surface area contributed by atoms with Gasteiger partial charge >= 0.3 is 0 Å². The molecule has 1 atom stereocenters. The average Bonchev–Trinajstić information content (AvgIpc) is 3.26. The standard InChI is InChI=1S/C18H27NO/c1-13-6-8-14(9-7-13)18(19-2)15-4-3-5-17(12-15)20-16-10-11-16/h3-5,12-14,16,18-19H,6-11H2,1-2H3. The van der Waals surface area contributed by atoms with Gasteiger partial charge in [0.1, 0.15) is 5.75 Å². The van der Waals surface area contributed by atoms with E-state index in [0.717, 1.165) is 17.6 Å². The zero-order valence-electron chi connectivity index (χ0n) is 12.8. The molecule has 0 saturated heterocycles. The summed E-state index contributed by atoms with van der Waals surface area (Å²) in [7, 11) is 2.09. The Morgan fingerprint density at radius 2 is 1.85 bits per heavy atom. The minimum atomic E-state index is 0.477. The largest absolute Gasteiger partial charge is 0.490 e. The molecule has 1 N–H and O–H groups in total. The van der Waals surface area contributed by atoms with Crippen LogP contribution in [0.1, 0.15) is 57.1 Å². The molecule has 2 nitrogen and oxygen atoms in total. The number of benzene rings is 1. The summed E-state index contributed by atoms with van der Waals surface area (Å²) < 4.78 is 5.94. The van der Waals surface area contributed by atoms with Crippen molar-refractivity contribution in [2.75, 3.05) is 7.05 Å². The molecule has 20 heavy (non-hydrogen) atoms. The predicted molar refractivity (Wildman–Crippen MR) is 83.0 cm³/mol. The maximum Gasteiger partial charge on any atom is 0.120 e. The second-order valence-electron chi connectivity index (χ2n) is 6.68. The maximum absolute atomic E-state index is 5.94. The fraction of sp³-hybridized carbons (Fsp3) is 0.667. The lowest BCUT2D eigenvalue weighted by Gasteiger charge is -2.33. The lowest BCUT2D eigenvalue weighted by Crippen LogP contribution is -2.28. The maximum atomic E-state index is 5.94. The molecule has 0 aromatic heterocycles. The van der Waals surface area contributed by atoms with Crippen molar-refractivity contribution < 1.29 is 4.74 Å². The molecule has 1 aromatic rings. The van der Waals surface area contributed by atoms with Gasteiger partial charge in [-0.2, -0.15) is 0 Å². The van der Waals surface area contributed by atoms with Crippen molar-refractivity contribution in [3.05, 3.63) is 29.8 Å². The van der Waals surface area contributed by atoms with Crippen molar-refractivity contribution in [3.63, 3.8) is 0 Å². The topological polar surface area (TPSA) is 21.3 Å². The summed E-state index contributed by atoms with van der Waals surface area (Å²) in [5, 5.41) is 3.54. The highest BCUT2D eigenvalue weighted by Crippen LogP contribution is 2.37. The quantitative estimate of drug-likeness (QED) is 0.863. The molecule has 0 radical (unpaired) electrons. The lowest BCUT2D eigenvalue weighted by molar-refractivity contribution is 0.237. The molecular formula is C18H27NO. The molecular weight excluding hydrogens is 246 g/mol. The highest BCUT2D eigenvalue weighted by Gasteiger charge is 2.27. The third-order valence-corrected chi connectivity index (χ3v) is 4.89. The SMILES string of the molecule is CNC(c1cccc(OC2CC2)c1)C1CCC(C)CC1. The molecule has 2 heteroatoms. The van der Waals surface area contributed by atoms with Crippen molar-refractivity contribution >= 4 is 0 Å². The van der Waals surface area contributed by atoms with Crippen LogP contribution in [0.2, 0.25) is 0 Å². The van der Waals surface area contributed by atoms with E-state index in [-0.39, 0.29) is 0 Å². The van der Waals surface area contributed by atoms with Gasteiger partial charge in [0.25, 0.3) is 0 Å². The van der Waals surface area contributed by atoms with Crippen LogP contribution < -0.4 is 10.1 Å². The first-order valence-electron chi connectivity index (χ1n) is 8.20. The molecule has 2 aliphatic carbocycles. The molecule has 0 bridgehead atoms. The second-order valence-corrected chi connectivity index (χ2v) is 6.68. The zero-order chi connectivity index (χ0) is 13.9. The van der Waals surface area contributed by atoms with E-state index >= 15 is 0 Å². The Bertz CT molecular complexity index is 433. The second kappa shape index (κ2) is 6.17. The van der Waals surface area contributed by atoms with E-state index in [1.807, 2.05) is 0 Å². The summed E-state index contributed by atoms with van der Waals surface area (Å²) in [4.78, 5) is 0. The minimum Gasteiger partial charge on any atom is -0.490 e. The third kappa shape index (κ3) is 3.35. The van der Waals surface area contributed by atoms with E-state index in [1.165, 1.54) is 44.1 Å². The van der Waals surface area contributed by atoms with Crippen LogP contribution in [0.3, 0.4) is 0 Å². The molecule has 2 fully saturated rings. The molecule has 2 aliphatic rings. The van der Waals surface area contributed by atoms with Crippen LogP contribution in [0.4, 0.5) is 0 Å².